The van der Waals surface area contributed by atoms with E-state index in [1.165, 1.54) is 22.8 Å². The molecule has 0 atom stereocenters. The molecule has 0 aliphatic heterocycles. The fourth-order valence-corrected chi connectivity index (χ4v) is 2.88. The molecule has 0 amide bonds. The van der Waals surface area contributed by atoms with Crippen LogP contribution < -0.4 is 11.1 Å². The average molecular weight is 288 g/mol. The highest BCUT2D eigenvalue weighted by Gasteiger charge is 2.33. The number of carboxylic acid groups (broad SMARTS) is 1. The van der Waals surface area contributed by atoms with E-state index in [0.717, 1.165) is 19.3 Å². The van der Waals surface area contributed by atoms with Crippen molar-refractivity contribution >= 4 is 17.0 Å². The predicted molar refractivity (Wildman–Crippen MR) is 77.7 cm³/mol. The van der Waals surface area contributed by atoms with Crippen molar-refractivity contribution in [1.29, 1.82) is 0 Å². The van der Waals surface area contributed by atoms with Gasteiger partial charge in [0.2, 0.25) is 0 Å². The molecule has 1 aromatic heterocycles. The molecule has 0 saturated heterocycles. The van der Waals surface area contributed by atoms with Crippen molar-refractivity contribution in [2.75, 3.05) is 0 Å². The van der Waals surface area contributed by atoms with Crippen LogP contribution in [0.25, 0.3) is 11.0 Å². The Kier molecular flexibility index (Phi) is 2.97. The summed E-state index contributed by atoms with van der Waals surface area (Å²) in [6.07, 6.45) is 3.13. The predicted octanol–water partition coefficient (Wildman–Crippen LogP) is 1.58. The number of aromatic nitrogens is 2. The summed E-state index contributed by atoms with van der Waals surface area (Å²) in [7, 11) is 0. The molecular weight excluding hydrogens is 272 g/mol. The number of rotatable bonds is 3. The number of hydrogen-bond acceptors (Lipinski definition) is 3. The van der Waals surface area contributed by atoms with Crippen molar-refractivity contribution in [2.24, 2.45) is 5.41 Å². The molecule has 110 valence electrons. The number of H-pyrrole nitrogens is 1. The van der Waals surface area contributed by atoms with Gasteiger partial charge in [-0.3, -0.25) is 9.59 Å². The molecule has 6 heteroatoms. The lowest BCUT2D eigenvalue weighted by Crippen LogP contribution is -2.41. The van der Waals surface area contributed by atoms with E-state index in [1.54, 1.807) is 0 Å². The smallest absolute Gasteiger partial charge is 0.335 e. The van der Waals surface area contributed by atoms with E-state index < -0.39 is 17.1 Å². The Bertz CT molecular complexity index is 843. The molecular formula is C15H16N2O4. The largest absolute Gasteiger partial charge is 0.478 e. The maximum absolute atomic E-state index is 12.2. The average Bonchev–Trinajstić information content (AvgIpc) is 2.41. The number of nitrogens with zero attached hydrogens (tertiary/aromatic N) is 1. The highest BCUT2D eigenvalue weighted by Crippen LogP contribution is 2.41. The number of benzene rings is 1. The first-order chi connectivity index (χ1) is 9.89. The van der Waals surface area contributed by atoms with Crippen LogP contribution in [-0.2, 0) is 6.54 Å². The van der Waals surface area contributed by atoms with Crippen LogP contribution in [0.1, 0.15) is 36.5 Å². The molecule has 21 heavy (non-hydrogen) atoms. The maximum atomic E-state index is 12.2. The zero-order valence-corrected chi connectivity index (χ0v) is 11.7. The normalized spacial score (nSPS) is 16.6. The standard InChI is InChI=1S/C15H16N2O4/c1-15(5-2-6-15)8-17-11-7-9(14(20)21)3-4-10(11)16-12(18)13(17)19/h3-4,7H,2,5-6,8H2,1H3,(H,16,18)(H,20,21). The van der Waals surface area contributed by atoms with Crippen LogP contribution in [0.4, 0.5) is 0 Å². The third-order valence-corrected chi connectivity index (χ3v) is 4.32. The molecule has 1 fully saturated rings. The lowest BCUT2D eigenvalue weighted by Gasteiger charge is -2.38. The second-order valence-corrected chi connectivity index (χ2v) is 6.05. The van der Waals surface area contributed by atoms with Crippen LogP contribution in [0.2, 0.25) is 0 Å². The maximum Gasteiger partial charge on any atom is 0.335 e. The molecule has 1 aromatic carbocycles. The minimum absolute atomic E-state index is 0.00375. The zero-order chi connectivity index (χ0) is 15.2. The van der Waals surface area contributed by atoms with E-state index in [2.05, 4.69) is 11.9 Å². The van der Waals surface area contributed by atoms with E-state index in [1.807, 2.05) is 0 Å². The first-order valence-electron chi connectivity index (χ1n) is 6.90. The van der Waals surface area contributed by atoms with Gasteiger partial charge in [-0.2, -0.15) is 0 Å². The first-order valence-corrected chi connectivity index (χ1v) is 6.90. The Balaban J connectivity index is 2.25. The molecule has 2 N–H and O–H groups in total. The van der Waals surface area contributed by atoms with E-state index >= 15 is 0 Å². The van der Waals surface area contributed by atoms with Crippen molar-refractivity contribution in [3.05, 3.63) is 44.5 Å². The molecule has 0 unspecified atom stereocenters. The van der Waals surface area contributed by atoms with Crippen LogP contribution >= 0.6 is 0 Å². The summed E-state index contributed by atoms with van der Waals surface area (Å²) >= 11 is 0. The summed E-state index contributed by atoms with van der Waals surface area (Å²) in [6, 6.07) is 4.39. The molecule has 1 saturated carbocycles. The summed E-state index contributed by atoms with van der Waals surface area (Å²) < 4.78 is 1.42. The van der Waals surface area contributed by atoms with Gasteiger partial charge in [0, 0.05) is 6.54 Å². The highest BCUT2D eigenvalue weighted by atomic mass is 16.4. The summed E-state index contributed by atoms with van der Waals surface area (Å²) in [5.74, 6) is -1.06. The lowest BCUT2D eigenvalue weighted by molar-refractivity contribution is 0.0697. The SMILES string of the molecule is CC1(Cn2c(=O)c(=O)[nH]c3ccc(C(=O)O)cc32)CCC1. The van der Waals surface area contributed by atoms with Gasteiger partial charge < -0.3 is 14.7 Å². The van der Waals surface area contributed by atoms with Gasteiger partial charge in [0.25, 0.3) is 0 Å². The van der Waals surface area contributed by atoms with Crippen molar-refractivity contribution < 1.29 is 9.90 Å². The van der Waals surface area contributed by atoms with Gasteiger partial charge in [0.05, 0.1) is 16.6 Å². The van der Waals surface area contributed by atoms with Crippen molar-refractivity contribution in [3.8, 4) is 0 Å². The van der Waals surface area contributed by atoms with Gasteiger partial charge in [0.1, 0.15) is 0 Å². The van der Waals surface area contributed by atoms with Crippen molar-refractivity contribution in [1.82, 2.24) is 9.55 Å². The van der Waals surface area contributed by atoms with Gasteiger partial charge in [-0.05, 0) is 36.5 Å². The number of carbonyl (C=O) groups is 1. The lowest BCUT2D eigenvalue weighted by atomic mass is 9.70. The fourth-order valence-electron chi connectivity index (χ4n) is 2.88. The van der Waals surface area contributed by atoms with E-state index in [0.29, 0.717) is 17.6 Å². The third-order valence-electron chi connectivity index (χ3n) is 4.32. The van der Waals surface area contributed by atoms with E-state index in [9.17, 15) is 14.4 Å². The minimum Gasteiger partial charge on any atom is -0.478 e. The summed E-state index contributed by atoms with van der Waals surface area (Å²) in [5, 5.41) is 9.09. The molecule has 0 spiro atoms. The molecule has 3 rings (SSSR count). The van der Waals surface area contributed by atoms with E-state index in [4.69, 9.17) is 5.11 Å². The number of nitrogens with one attached hydrogen (secondary N) is 1. The fraction of sp³-hybridized carbons (Fsp3) is 0.400. The molecule has 2 aromatic rings. The van der Waals surface area contributed by atoms with Gasteiger partial charge in [-0.25, -0.2) is 4.79 Å². The van der Waals surface area contributed by atoms with Gasteiger partial charge in [-0.1, -0.05) is 13.3 Å². The second-order valence-electron chi connectivity index (χ2n) is 6.05. The number of hydrogen-bond donors (Lipinski definition) is 2. The van der Waals surface area contributed by atoms with Crippen LogP contribution in [0, 0.1) is 5.41 Å². The topological polar surface area (TPSA) is 92.2 Å². The summed E-state index contributed by atoms with van der Waals surface area (Å²) in [6.45, 7) is 2.52. The van der Waals surface area contributed by atoms with Crippen LogP contribution in [0.5, 0.6) is 0 Å². The quantitative estimate of drug-likeness (QED) is 0.839. The molecule has 0 radical (unpaired) electrons. The zero-order valence-electron chi connectivity index (χ0n) is 11.7. The highest BCUT2D eigenvalue weighted by molar-refractivity contribution is 5.92. The van der Waals surface area contributed by atoms with E-state index in [-0.39, 0.29) is 11.0 Å². The monoisotopic (exact) mass is 288 g/mol. The third kappa shape index (κ3) is 2.26. The van der Waals surface area contributed by atoms with Gasteiger partial charge in [0.15, 0.2) is 0 Å². The van der Waals surface area contributed by atoms with Gasteiger partial charge >= 0.3 is 17.1 Å². The summed E-state index contributed by atoms with van der Waals surface area (Å²) in [5.41, 5.74) is -0.252. The number of carboxylic acids is 1. The van der Waals surface area contributed by atoms with Crippen LogP contribution in [-0.4, -0.2) is 20.6 Å². The Morgan fingerprint density at radius 2 is 2.10 bits per heavy atom. The second kappa shape index (κ2) is 4.58. The summed E-state index contributed by atoms with van der Waals surface area (Å²) in [4.78, 5) is 37.5. The Labute approximate surface area is 120 Å². The van der Waals surface area contributed by atoms with Crippen molar-refractivity contribution in [3.63, 3.8) is 0 Å². The molecule has 1 heterocycles. The minimum atomic E-state index is -1.06. The number of aromatic carboxylic acids is 1. The Morgan fingerprint density at radius 1 is 1.38 bits per heavy atom. The first kappa shape index (κ1) is 13.6. The molecule has 0 bridgehead atoms. The van der Waals surface area contributed by atoms with Crippen LogP contribution in [0.15, 0.2) is 27.8 Å². The number of aromatic amines is 1. The van der Waals surface area contributed by atoms with Gasteiger partial charge in [-0.15, -0.1) is 0 Å². The molecule has 1 aliphatic rings. The van der Waals surface area contributed by atoms with Crippen LogP contribution in [0.3, 0.4) is 0 Å². The Morgan fingerprint density at radius 3 is 2.67 bits per heavy atom. The Hall–Kier alpha value is -2.37. The number of fused-ring (bicyclic) bond motifs is 1. The molecule has 1 aliphatic carbocycles. The molecule has 6 nitrogen and oxygen atoms in total. The van der Waals surface area contributed by atoms with Crippen molar-refractivity contribution in [2.45, 2.75) is 32.7 Å².